The Morgan fingerprint density at radius 2 is 0.811 bits per heavy atom. The number of rotatable bonds is 14. The first-order valence-corrected chi connectivity index (χ1v) is 17.7. The Morgan fingerprint density at radius 3 is 1.05 bits per heavy atom. The molecule has 2 aliphatic rings. The monoisotopic (exact) mass is 626 g/mol. The molecule has 0 nitrogen and oxygen atoms in total. The maximum atomic E-state index is 2.87. The molecule has 0 saturated carbocycles. The van der Waals surface area contributed by atoms with Crippen LogP contribution in [0.25, 0.3) is 0 Å². The average molecular weight is 629 g/mol. The third-order valence-electron chi connectivity index (χ3n) is 10.2. The van der Waals surface area contributed by atoms with Gasteiger partial charge in [-0.1, -0.05) is 0 Å². The van der Waals surface area contributed by atoms with Crippen molar-refractivity contribution in [1.82, 2.24) is 0 Å². The minimum Gasteiger partial charge on any atom is -1.00 e. The number of hydrogen-bond donors (Lipinski definition) is 0. The summed E-state index contributed by atoms with van der Waals surface area (Å²) < 4.78 is 0.646. The molecule has 0 radical (unpaired) electrons. The Balaban J connectivity index is 0.00000648. The zero-order valence-corrected chi connectivity index (χ0v) is 30.2. The van der Waals surface area contributed by atoms with Gasteiger partial charge >= 0.3 is 233 Å². The molecule has 0 aromatic heterocycles. The van der Waals surface area contributed by atoms with E-state index in [0.717, 1.165) is 11.8 Å². The van der Waals surface area contributed by atoms with Gasteiger partial charge in [-0.3, -0.25) is 0 Å². The number of allylic oxidation sites excluding steroid dienone is 8. The molecule has 0 heterocycles. The Labute approximate surface area is 256 Å². The molecule has 0 aromatic rings. The first kappa shape index (κ1) is 37.4. The molecule has 8 unspecified atom stereocenters. The standard InChI is InChI=1S/2C17H29.2ClH.Zr/c2*1-7-12(4)15-10-16(13(5)8-2)17(11-15)14(6)9-3;;;/h2*10-14H,7-9H2,1-6H3;2*1H;/q;;;;+2/p-2. The molecule has 0 fully saturated rings. The fourth-order valence-corrected chi connectivity index (χ4v) is 13.6. The smallest absolute Gasteiger partial charge is 1.00 e. The van der Waals surface area contributed by atoms with E-state index >= 15 is 0 Å². The van der Waals surface area contributed by atoms with Crippen LogP contribution in [0.3, 0.4) is 0 Å². The van der Waals surface area contributed by atoms with E-state index in [2.05, 4.69) is 107 Å². The molecule has 0 aliphatic heterocycles. The summed E-state index contributed by atoms with van der Waals surface area (Å²) in [6.45, 7) is 29.6. The van der Waals surface area contributed by atoms with Gasteiger partial charge in [0.1, 0.15) is 0 Å². The topological polar surface area (TPSA) is 0 Å². The largest absolute Gasteiger partial charge is 1.00 e. The zero-order valence-electron chi connectivity index (χ0n) is 26.3. The Kier molecular flexibility index (Phi) is 16.2. The van der Waals surface area contributed by atoms with Crippen LogP contribution in [0.15, 0.2) is 46.6 Å². The normalized spacial score (nSPS) is 27.8. The first-order chi connectivity index (χ1) is 16.5. The van der Waals surface area contributed by atoms with Crippen LogP contribution in [0.5, 0.6) is 0 Å². The van der Waals surface area contributed by atoms with E-state index in [1.54, 1.807) is 11.1 Å². The van der Waals surface area contributed by atoms with Crippen molar-refractivity contribution in [3.63, 3.8) is 0 Å². The Bertz CT molecular complexity index is 769. The van der Waals surface area contributed by atoms with Gasteiger partial charge in [0, 0.05) is 0 Å². The van der Waals surface area contributed by atoms with Crippen molar-refractivity contribution in [2.75, 3.05) is 0 Å². The quantitative estimate of drug-likeness (QED) is 0.242. The fraction of sp³-hybridized carbons (Fsp3) is 0.765. The van der Waals surface area contributed by atoms with Crippen molar-refractivity contribution in [1.29, 1.82) is 0 Å². The minimum absolute atomic E-state index is 0. The summed E-state index contributed by atoms with van der Waals surface area (Å²) in [7, 11) is 0. The summed E-state index contributed by atoms with van der Waals surface area (Å²) in [5.74, 6) is 4.11. The van der Waals surface area contributed by atoms with E-state index in [1.807, 2.05) is 11.1 Å². The molecule has 0 amide bonds. The van der Waals surface area contributed by atoms with E-state index in [1.165, 1.54) is 38.5 Å². The van der Waals surface area contributed by atoms with Crippen molar-refractivity contribution < 1.29 is 48.0 Å². The molecule has 8 atom stereocenters. The maximum absolute atomic E-state index is 2.87. The van der Waals surface area contributed by atoms with Crippen molar-refractivity contribution in [3.8, 4) is 0 Å². The molecular weight excluding hydrogens is 571 g/mol. The summed E-state index contributed by atoms with van der Waals surface area (Å²) in [5, 5.41) is 0. The SMILES string of the molecule is CCC(C)C1=C[C]([Zr+2][C]2(C(C)CC)C=C(C(C)CC)C=C2C(C)CC)(C(C)CC)C(C(C)CC)=C1.[Cl-].[Cl-]. The summed E-state index contributed by atoms with van der Waals surface area (Å²) in [6, 6.07) is 0. The molecule has 0 N–H and O–H groups in total. The van der Waals surface area contributed by atoms with Crippen LogP contribution in [-0.2, 0) is 23.2 Å². The van der Waals surface area contributed by atoms with Gasteiger partial charge in [-0.05, 0) is 0 Å². The zero-order chi connectivity index (χ0) is 26.6. The number of halogens is 2. The van der Waals surface area contributed by atoms with Gasteiger partial charge in [0.2, 0.25) is 0 Å². The summed E-state index contributed by atoms with van der Waals surface area (Å²) in [6.07, 6.45) is 18.7. The van der Waals surface area contributed by atoms with Gasteiger partial charge in [0.15, 0.2) is 0 Å². The average Bonchev–Trinajstić information content (AvgIpc) is 3.46. The van der Waals surface area contributed by atoms with E-state index in [0.29, 0.717) is 29.9 Å². The van der Waals surface area contributed by atoms with Gasteiger partial charge in [0.05, 0.1) is 0 Å². The van der Waals surface area contributed by atoms with E-state index in [9.17, 15) is 0 Å². The van der Waals surface area contributed by atoms with Crippen molar-refractivity contribution in [2.45, 2.75) is 128 Å². The summed E-state index contributed by atoms with van der Waals surface area (Å²) >= 11 is -1.01. The second-order valence-electron chi connectivity index (χ2n) is 12.2. The molecule has 2 aliphatic carbocycles. The molecule has 2 rings (SSSR count). The second kappa shape index (κ2) is 16.0. The van der Waals surface area contributed by atoms with Crippen molar-refractivity contribution >= 4 is 0 Å². The van der Waals surface area contributed by atoms with Gasteiger partial charge in [-0.15, -0.1) is 0 Å². The van der Waals surface area contributed by atoms with Gasteiger partial charge in [-0.25, -0.2) is 0 Å². The van der Waals surface area contributed by atoms with Gasteiger partial charge in [0.25, 0.3) is 0 Å². The molecule has 0 spiro atoms. The third kappa shape index (κ3) is 7.39. The predicted molar refractivity (Wildman–Crippen MR) is 154 cm³/mol. The Morgan fingerprint density at radius 1 is 0.514 bits per heavy atom. The van der Waals surface area contributed by atoms with Crippen molar-refractivity contribution in [2.24, 2.45) is 35.5 Å². The van der Waals surface area contributed by atoms with E-state index < -0.39 is 23.2 Å². The molecular formula is C34H58Cl2Zr. The van der Waals surface area contributed by atoms with Crippen LogP contribution in [0.1, 0.15) is 122 Å². The first-order valence-electron chi connectivity index (χ1n) is 15.2. The van der Waals surface area contributed by atoms with Crippen molar-refractivity contribution in [3.05, 3.63) is 46.6 Å². The summed E-state index contributed by atoms with van der Waals surface area (Å²) in [4.78, 5) is 0. The van der Waals surface area contributed by atoms with Crippen LogP contribution in [0.4, 0.5) is 0 Å². The van der Waals surface area contributed by atoms with Crippen LogP contribution < -0.4 is 24.8 Å². The van der Waals surface area contributed by atoms with Crippen LogP contribution in [0, 0.1) is 35.5 Å². The molecule has 212 valence electrons. The molecule has 0 aromatic carbocycles. The minimum atomic E-state index is -1.01. The molecule has 0 saturated heterocycles. The van der Waals surface area contributed by atoms with Gasteiger partial charge in [-0.2, -0.15) is 0 Å². The van der Waals surface area contributed by atoms with Crippen LogP contribution in [-0.4, -0.2) is 0 Å². The fourth-order valence-electron chi connectivity index (χ4n) is 6.26. The predicted octanol–water partition coefficient (Wildman–Crippen LogP) is 5.40. The maximum Gasteiger partial charge on any atom is -1.00 e. The number of hydrogen-bond acceptors (Lipinski definition) is 0. The molecule has 37 heavy (non-hydrogen) atoms. The van der Waals surface area contributed by atoms with Gasteiger partial charge < -0.3 is 24.8 Å². The molecule has 3 heteroatoms. The van der Waals surface area contributed by atoms with Crippen LogP contribution in [0.2, 0.25) is 6.25 Å². The van der Waals surface area contributed by atoms with E-state index in [4.69, 9.17) is 0 Å². The molecule has 0 bridgehead atoms. The van der Waals surface area contributed by atoms with E-state index in [-0.39, 0.29) is 24.8 Å². The Hall–Kier alpha value is 0.423. The second-order valence-corrected chi connectivity index (χ2v) is 16.9. The third-order valence-corrected chi connectivity index (χ3v) is 16.8. The van der Waals surface area contributed by atoms with Crippen LogP contribution >= 0.6 is 0 Å². The summed E-state index contributed by atoms with van der Waals surface area (Å²) in [5.41, 5.74) is 6.93.